The Morgan fingerprint density at radius 2 is 1.15 bits per heavy atom. The number of esters is 4. The molecule has 0 aliphatic heterocycles. The third-order valence-corrected chi connectivity index (χ3v) is 5.96. The van der Waals surface area contributed by atoms with Crippen molar-refractivity contribution < 1.29 is 62.7 Å². The highest BCUT2D eigenvalue weighted by atomic mass is 127. The number of carbonyl (C=O) groups is 6. The molecular weight excluding hydrogens is 750 g/mol. The van der Waals surface area contributed by atoms with Gasteiger partial charge in [-0.3, -0.25) is 28.8 Å². The molecule has 0 saturated heterocycles. The van der Waals surface area contributed by atoms with Gasteiger partial charge in [0.2, 0.25) is 0 Å². The molecule has 212 valence electrons. The first kappa shape index (κ1) is 35.5. The van der Waals surface area contributed by atoms with Crippen molar-refractivity contribution in [1.29, 1.82) is 0 Å². The standard InChI is InChI=1S/C12H11IO6.C8H7IO4.C4H6O3/c1-6(15)18-10-4-9(17-3)8(5-14)12(11(10)13)19-7(2)16;1-13-6-2-5(11)7(9)8(12)4(6)3-10;1-3(5)7-4(2)6/h4-5H,1-3H3;2-3,11-12H,1H3;1-2H3. The molecule has 2 aromatic carbocycles. The minimum absolute atomic E-state index is 0.0127. The van der Waals surface area contributed by atoms with E-state index in [1.807, 2.05) is 22.6 Å². The van der Waals surface area contributed by atoms with E-state index in [0.717, 1.165) is 0 Å². The van der Waals surface area contributed by atoms with Crippen molar-refractivity contribution in [1.82, 2.24) is 0 Å². The molecule has 2 aromatic rings. The molecule has 0 amide bonds. The molecule has 0 saturated carbocycles. The van der Waals surface area contributed by atoms with Crippen LogP contribution in [0, 0.1) is 7.14 Å². The van der Waals surface area contributed by atoms with E-state index in [4.69, 9.17) is 18.9 Å². The van der Waals surface area contributed by atoms with Crippen LogP contribution in [0.5, 0.6) is 34.5 Å². The van der Waals surface area contributed by atoms with Crippen LogP contribution < -0.4 is 18.9 Å². The van der Waals surface area contributed by atoms with E-state index >= 15 is 0 Å². The number of hydrogen-bond donors (Lipinski definition) is 2. The predicted octanol–water partition coefficient (Wildman–Crippen LogP) is 3.58. The number of aldehydes is 2. The van der Waals surface area contributed by atoms with Crippen LogP contribution in [-0.2, 0) is 23.9 Å². The van der Waals surface area contributed by atoms with Crippen molar-refractivity contribution in [3.63, 3.8) is 0 Å². The zero-order chi connectivity index (χ0) is 30.4. The summed E-state index contributed by atoms with van der Waals surface area (Å²) in [5, 5.41) is 18.7. The normalized spacial score (nSPS) is 9.33. The molecule has 39 heavy (non-hydrogen) atoms. The van der Waals surface area contributed by atoms with Gasteiger partial charge in [-0.25, -0.2) is 0 Å². The van der Waals surface area contributed by atoms with Crippen molar-refractivity contribution >= 4 is 81.6 Å². The smallest absolute Gasteiger partial charge is 0.310 e. The van der Waals surface area contributed by atoms with Gasteiger partial charge in [0.05, 0.1) is 26.9 Å². The van der Waals surface area contributed by atoms with E-state index < -0.39 is 23.9 Å². The van der Waals surface area contributed by atoms with Crippen LogP contribution in [-0.4, -0.2) is 60.9 Å². The molecular formula is C24H24I2O13. The van der Waals surface area contributed by atoms with Crippen molar-refractivity contribution in [2.45, 2.75) is 27.7 Å². The van der Waals surface area contributed by atoms with Crippen LogP contribution in [0.1, 0.15) is 48.4 Å². The highest BCUT2D eigenvalue weighted by molar-refractivity contribution is 14.1. The zero-order valence-electron chi connectivity index (χ0n) is 21.5. The van der Waals surface area contributed by atoms with Gasteiger partial charge in [0.15, 0.2) is 24.1 Å². The van der Waals surface area contributed by atoms with Crippen LogP contribution in [0.3, 0.4) is 0 Å². The number of ether oxygens (including phenoxy) is 5. The first-order chi connectivity index (χ1) is 18.1. The lowest BCUT2D eigenvalue weighted by molar-refractivity contribution is -0.156. The molecule has 15 heteroatoms. The van der Waals surface area contributed by atoms with Crippen LogP contribution in [0.4, 0.5) is 0 Å². The number of rotatable bonds is 6. The Balaban J connectivity index is 0.000000622. The fraction of sp³-hybridized carbons (Fsp3) is 0.250. The lowest BCUT2D eigenvalue weighted by Crippen LogP contribution is -2.10. The molecule has 2 rings (SSSR count). The average Bonchev–Trinajstić information content (AvgIpc) is 2.84. The molecule has 0 aliphatic carbocycles. The van der Waals surface area contributed by atoms with E-state index in [2.05, 4.69) is 4.74 Å². The minimum atomic E-state index is -0.594. The molecule has 0 unspecified atom stereocenters. The summed E-state index contributed by atoms with van der Waals surface area (Å²) < 4.78 is 24.3. The Morgan fingerprint density at radius 1 is 0.692 bits per heavy atom. The fourth-order valence-electron chi connectivity index (χ4n) is 2.46. The van der Waals surface area contributed by atoms with Crippen molar-refractivity contribution in [3.05, 3.63) is 30.4 Å². The number of benzene rings is 2. The molecule has 0 aliphatic rings. The van der Waals surface area contributed by atoms with Gasteiger partial charge in [-0.15, -0.1) is 0 Å². The number of halogens is 2. The number of aromatic hydroxyl groups is 2. The van der Waals surface area contributed by atoms with Gasteiger partial charge in [-0.1, -0.05) is 0 Å². The first-order valence-corrected chi connectivity index (χ1v) is 12.5. The molecule has 0 aromatic heterocycles. The largest absolute Gasteiger partial charge is 0.507 e. The van der Waals surface area contributed by atoms with E-state index in [1.165, 1.54) is 54.0 Å². The Kier molecular flexibility index (Phi) is 15.6. The molecule has 0 fully saturated rings. The lowest BCUT2D eigenvalue weighted by Gasteiger charge is -2.14. The maximum atomic E-state index is 11.1. The van der Waals surface area contributed by atoms with Crippen LogP contribution >= 0.6 is 45.2 Å². The summed E-state index contributed by atoms with van der Waals surface area (Å²) in [4.78, 5) is 63.3. The number of phenolic OH excluding ortho intramolecular Hbond substituents is 2. The van der Waals surface area contributed by atoms with Crippen molar-refractivity contribution in [2.75, 3.05) is 14.2 Å². The quantitative estimate of drug-likeness (QED) is 0.143. The summed E-state index contributed by atoms with van der Waals surface area (Å²) in [6.45, 7) is 4.81. The van der Waals surface area contributed by atoms with Gasteiger partial charge in [0.25, 0.3) is 0 Å². The highest BCUT2D eigenvalue weighted by Gasteiger charge is 2.21. The number of methoxy groups -OCH3 is 2. The molecule has 13 nitrogen and oxygen atoms in total. The predicted molar refractivity (Wildman–Crippen MR) is 151 cm³/mol. The first-order valence-electron chi connectivity index (χ1n) is 10.3. The number of phenols is 2. The van der Waals surface area contributed by atoms with Crippen LogP contribution in [0.15, 0.2) is 12.1 Å². The van der Waals surface area contributed by atoms with Gasteiger partial charge in [0, 0.05) is 39.8 Å². The van der Waals surface area contributed by atoms with Crippen LogP contribution in [0.2, 0.25) is 0 Å². The number of carbonyl (C=O) groups excluding carboxylic acids is 6. The Labute approximate surface area is 250 Å². The Morgan fingerprint density at radius 3 is 1.51 bits per heavy atom. The minimum Gasteiger partial charge on any atom is -0.507 e. The second kappa shape index (κ2) is 17.2. The van der Waals surface area contributed by atoms with Gasteiger partial charge in [-0.2, -0.15) is 0 Å². The van der Waals surface area contributed by atoms with E-state index in [9.17, 15) is 39.0 Å². The molecule has 0 bridgehead atoms. The average molecular weight is 774 g/mol. The summed E-state index contributed by atoms with van der Waals surface area (Å²) in [5.41, 5.74) is 0.128. The summed E-state index contributed by atoms with van der Waals surface area (Å²) in [7, 11) is 2.71. The van der Waals surface area contributed by atoms with E-state index in [0.29, 0.717) is 16.1 Å². The molecule has 0 spiro atoms. The molecule has 0 heterocycles. The topological polar surface area (TPSA) is 189 Å². The third kappa shape index (κ3) is 11.4. The molecule has 0 atom stereocenters. The maximum absolute atomic E-state index is 11.1. The summed E-state index contributed by atoms with van der Waals surface area (Å²) >= 11 is 3.56. The molecule has 0 radical (unpaired) electrons. The highest BCUT2D eigenvalue weighted by Crippen LogP contribution is 2.39. The number of hydrogen-bond acceptors (Lipinski definition) is 13. The lowest BCUT2D eigenvalue weighted by atomic mass is 10.2. The van der Waals surface area contributed by atoms with Gasteiger partial charge >= 0.3 is 23.9 Å². The molecule has 2 N–H and O–H groups in total. The van der Waals surface area contributed by atoms with Gasteiger partial charge in [-0.05, 0) is 45.2 Å². The SMILES string of the molecule is CC(=O)OC(C)=O.COc1cc(O)c(I)c(O)c1C=O.COc1cc(OC(C)=O)c(I)c(OC(C)=O)c1C=O. The van der Waals surface area contributed by atoms with Gasteiger partial charge < -0.3 is 33.9 Å². The van der Waals surface area contributed by atoms with E-state index in [1.54, 1.807) is 22.6 Å². The van der Waals surface area contributed by atoms with Crippen LogP contribution in [0.25, 0.3) is 0 Å². The summed E-state index contributed by atoms with van der Waals surface area (Å²) in [6, 6.07) is 2.67. The fourth-order valence-corrected chi connectivity index (χ4v) is 3.57. The van der Waals surface area contributed by atoms with E-state index in [-0.39, 0.29) is 49.2 Å². The van der Waals surface area contributed by atoms with Crippen molar-refractivity contribution in [2.24, 2.45) is 0 Å². The van der Waals surface area contributed by atoms with Crippen molar-refractivity contribution in [3.8, 4) is 34.5 Å². The summed E-state index contributed by atoms with van der Waals surface area (Å²) in [6.07, 6.45) is 0.993. The third-order valence-electron chi connectivity index (χ3n) is 3.87. The Hall–Kier alpha value is -3.48. The zero-order valence-corrected chi connectivity index (χ0v) is 25.8. The second-order valence-electron chi connectivity index (χ2n) is 6.82. The van der Waals surface area contributed by atoms with Gasteiger partial charge in [0.1, 0.15) is 28.6 Å². The summed E-state index contributed by atoms with van der Waals surface area (Å²) in [5.74, 6) is -2.14. The maximum Gasteiger partial charge on any atom is 0.310 e. The Bertz CT molecular complexity index is 1240. The monoisotopic (exact) mass is 774 g/mol. The second-order valence-corrected chi connectivity index (χ2v) is 8.97.